The van der Waals surface area contributed by atoms with Crippen LogP contribution in [-0.2, 0) is 6.54 Å². The summed E-state index contributed by atoms with van der Waals surface area (Å²) in [5, 5.41) is 6.85. The average molecular weight is 180 g/mol. The van der Waals surface area contributed by atoms with Gasteiger partial charge in [-0.05, 0) is 25.9 Å². The molecule has 0 atom stereocenters. The fourth-order valence-corrected chi connectivity index (χ4v) is 1.79. The van der Waals surface area contributed by atoms with Gasteiger partial charge in [0, 0.05) is 6.54 Å². The smallest absolute Gasteiger partial charge is 0.0743 e. The van der Waals surface area contributed by atoms with Crippen LogP contribution in [0.3, 0.4) is 0 Å². The van der Waals surface area contributed by atoms with E-state index in [0.29, 0.717) is 0 Å². The van der Waals surface area contributed by atoms with Crippen molar-refractivity contribution in [1.29, 1.82) is 0 Å². The van der Waals surface area contributed by atoms with E-state index in [9.17, 15) is 0 Å². The molecule has 0 bridgehead atoms. The van der Waals surface area contributed by atoms with Crippen molar-refractivity contribution in [3.8, 4) is 0 Å². The molecule has 1 aliphatic heterocycles. The van der Waals surface area contributed by atoms with E-state index in [2.05, 4.69) is 15.1 Å². The third kappa shape index (κ3) is 2.01. The summed E-state index contributed by atoms with van der Waals surface area (Å²) in [7, 11) is 0. The molecule has 1 saturated heterocycles. The summed E-state index contributed by atoms with van der Waals surface area (Å²) >= 11 is 0. The number of nitrogens with zero attached hydrogens (tertiary/aromatic N) is 2. The highest BCUT2D eigenvalue weighted by Gasteiger charge is 2.12. The van der Waals surface area contributed by atoms with E-state index in [0.717, 1.165) is 17.9 Å². The van der Waals surface area contributed by atoms with Crippen LogP contribution in [0.1, 0.15) is 25.0 Å². The van der Waals surface area contributed by atoms with Crippen LogP contribution in [0.5, 0.6) is 0 Å². The van der Waals surface area contributed by atoms with Crippen LogP contribution in [0.4, 0.5) is 5.69 Å². The molecule has 0 unspecified atom stereocenters. The second-order valence-electron chi connectivity index (χ2n) is 3.64. The van der Waals surface area contributed by atoms with Gasteiger partial charge in [0.1, 0.15) is 0 Å². The highest BCUT2D eigenvalue weighted by atomic mass is 15.2. The molecular formula is C9H16N4. The molecule has 3 N–H and O–H groups in total. The van der Waals surface area contributed by atoms with Gasteiger partial charge in [-0.2, -0.15) is 5.10 Å². The first kappa shape index (κ1) is 8.56. The van der Waals surface area contributed by atoms with Gasteiger partial charge in [0.25, 0.3) is 0 Å². The number of rotatable bonds is 2. The third-order valence-corrected chi connectivity index (χ3v) is 2.58. The van der Waals surface area contributed by atoms with Crippen molar-refractivity contribution >= 4 is 5.69 Å². The van der Waals surface area contributed by atoms with Crippen molar-refractivity contribution in [3.63, 3.8) is 0 Å². The maximum atomic E-state index is 5.74. The quantitative estimate of drug-likeness (QED) is 0.713. The van der Waals surface area contributed by atoms with E-state index in [-0.39, 0.29) is 0 Å². The van der Waals surface area contributed by atoms with Crippen LogP contribution in [0.25, 0.3) is 0 Å². The first-order valence-corrected chi connectivity index (χ1v) is 4.86. The maximum absolute atomic E-state index is 5.74. The zero-order valence-corrected chi connectivity index (χ0v) is 7.79. The first-order chi connectivity index (χ1) is 6.36. The fraction of sp³-hybridized carbons (Fsp3) is 0.667. The Morgan fingerprint density at radius 1 is 1.38 bits per heavy atom. The Morgan fingerprint density at radius 2 is 2.15 bits per heavy atom. The van der Waals surface area contributed by atoms with Gasteiger partial charge in [-0.25, -0.2) is 0 Å². The van der Waals surface area contributed by atoms with Gasteiger partial charge in [-0.15, -0.1) is 0 Å². The molecule has 0 aliphatic carbocycles. The lowest BCUT2D eigenvalue weighted by Gasteiger charge is -2.25. The van der Waals surface area contributed by atoms with E-state index in [1.54, 1.807) is 6.20 Å². The first-order valence-electron chi connectivity index (χ1n) is 4.86. The minimum absolute atomic E-state index is 0.783. The lowest BCUT2D eigenvalue weighted by atomic mass is 10.1. The minimum atomic E-state index is 0.783. The Kier molecular flexibility index (Phi) is 2.49. The van der Waals surface area contributed by atoms with Crippen LogP contribution in [-0.4, -0.2) is 28.2 Å². The molecule has 2 rings (SSSR count). The molecule has 13 heavy (non-hydrogen) atoms. The number of nitrogens with one attached hydrogen (secondary N) is 1. The predicted octanol–water partition coefficient (Wildman–Crippen LogP) is 0.978. The highest BCUT2D eigenvalue weighted by molar-refractivity contribution is 5.39. The normalized spacial score (nSPS) is 19.1. The number of likely N-dealkylation sites (tertiary alicyclic amines) is 1. The number of piperidine rings is 1. The van der Waals surface area contributed by atoms with Gasteiger partial charge < -0.3 is 5.73 Å². The lowest BCUT2D eigenvalue weighted by molar-refractivity contribution is 0.219. The Hall–Kier alpha value is -1.03. The molecule has 0 saturated carbocycles. The Balaban J connectivity index is 1.93. The average Bonchev–Trinajstić information content (AvgIpc) is 2.54. The number of H-pyrrole nitrogens is 1. The summed E-state index contributed by atoms with van der Waals surface area (Å²) in [6, 6.07) is 0. The monoisotopic (exact) mass is 180 g/mol. The second-order valence-corrected chi connectivity index (χ2v) is 3.64. The summed E-state index contributed by atoms with van der Waals surface area (Å²) in [5.74, 6) is 0. The van der Waals surface area contributed by atoms with Gasteiger partial charge in [0.15, 0.2) is 0 Å². The molecule has 0 amide bonds. The topological polar surface area (TPSA) is 57.9 Å². The van der Waals surface area contributed by atoms with E-state index in [4.69, 9.17) is 5.73 Å². The molecule has 0 radical (unpaired) electrons. The van der Waals surface area contributed by atoms with E-state index < -0.39 is 0 Å². The van der Waals surface area contributed by atoms with Crippen molar-refractivity contribution in [2.24, 2.45) is 0 Å². The van der Waals surface area contributed by atoms with Crippen molar-refractivity contribution in [2.45, 2.75) is 25.8 Å². The van der Waals surface area contributed by atoms with Gasteiger partial charge in [-0.1, -0.05) is 6.42 Å². The molecule has 1 fully saturated rings. The standard InChI is InChI=1S/C9H16N4/c10-8-6-11-12-9(8)7-13-4-2-1-3-5-13/h6H,1-5,7,10H2,(H,11,12). The molecule has 0 spiro atoms. The van der Waals surface area contributed by atoms with Crippen LogP contribution >= 0.6 is 0 Å². The Bertz CT molecular complexity index is 262. The van der Waals surface area contributed by atoms with Crippen molar-refractivity contribution in [3.05, 3.63) is 11.9 Å². The molecule has 4 nitrogen and oxygen atoms in total. The number of anilines is 1. The second kappa shape index (κ2) is 3.79. The molecule has 0 aromatic carbocycles. The van der Waals surface area contributed by atoms with Gasteiger partial charge in [-0.3, -0.25) is 10.00 Å². The SMILES string of the molecule is Nc1cn[nH]c1CN1CCCCC1. The maximum Gasteiger partial charge on any atom is 0.0743 e. The number of nitrogen functional groups attached to an aromatic ring is 1. The molecule has 1 aromatic rings. The summed E-state index contributed by atoms with van der Waals surface area (Å²) in [4.78, 5) is 2.42. The van der Waals surface area contributed by atoms with Crippen molar-refractivity contribution in [1.82, 2.24) is 15.1 Å². The lowest BCUT2D eigenvalue weighted by Crippen LogP contribution is -2.29. The zero-order valence-electron chi connectivity index (χ0n) is 7.79. The van der Waals surface area contributed by atoms with E-state index >= 15 is 0 Å². The molecular weight excluding hydrogens is 164 g/mol. The van der Waals surface area contributed by atoms with Gasteiger partial charge in [0.05, 0.1) is 17.6 Å². The van der Waals surface area contributed by atoms with Gasteiger partial charge >= 0.3 is 0 Å². The number of hydrogen-bond acceptors (Lipinski definition) is 3. The number of aromatic nitrogens is 2. The van der Waals surface area contributed by atoms with Crippen molar-refractivity contribution in [2.75, 3.05) is 18.8 Å². The Morgan fingerprint density at radius 3 is 2.77 bits per heavy atom. The van der Waals surface area contributed by atoms with Crippen LogP contribution in [0.2, 0.25) is 0 Å². The number of aromatic amines is 1. The molecule has 1 aliphatic rings. The highest BCUT2D eigenvalue weighted by Crippen LogP contribution is 2.14. The largest absolute Gasteiger partial charge is 0.396 e. The number of nitrogens with two attached hydrogens (primary N) is 1. The molecule has 1 aromatic heterocycles. The molecule has 72 valence electrons. The van der Waals surface area contributed by atoms with Crippen LogP contribution < -0.4 is 5.73 Å². The summed E-state index contributed by atoms with van der Waals surface area (Å²) in [6.45, 7) is 3.31. The third-order valence-electron chi connectivity index (χ3n) is 2.58. The van der Waals surface area contributed by atoms with Gasteiger partial charge in [0.2, 0.25) is 0 Å². The molecule has 2 heterocycles. The van der Waals surface area contributed by atoms with Crippen LogP contribution in [0, 0.1) is 0 Å². The van der Waals surface area contributed by atoms with Crippen molar-refractivity contribution < 1.29 is 0 Å². The zero-order chi connectivity index (χ0) is 9.10. The summed E-state index contributed by atoms with van der Waals surface area (Å²) in [6.07, 6.45) is 5.68. The molecule has 4 heteroatoms. The number of hydrogen-bond donors (Lipinski definition) is 2. The summed E-state index contributed by atoms with van der Waals surface area (Å²) < 4.78 is 0. The Labute approximate surface area is 78.1 Å². The fourth-order valence-electron chi connectivity index (χ4n) is 1.79. The van der Waals surface area contributed by atoms with E-state index in [1.807, 2.05) is 0 Å². The van der Waals surface area contributed by atoms with E-state index in [1.165, 1.54) is 32.4 Å². The predicted molar refractivity (Wildman–Crippen MR) is 52.1 cm³/mol. The minimum Gasteiger partial charge on any atom is -0.396 e. The van der Waals surface area contributed by atoms with Crippen LogP contribution in [0.15, 0.2) is 6.20 Å². The summed E-state index contributed by atoms with van der Waals surface area (Å²) in [5.41, 5.74) is 7.58.